The molecule has 0 fully saturated rings. The third-order valence-electron chi connectivity index (χ3n) is 1.91. The second-order valence-corrected chi connectivity index (χ2v) is 3.59. The van der Waals surface area contributed by atoms with Crippen LogP contribution in [0.25, 0.3) is 0 Å². The summed E-state index contributed by atoms with van der Waals surface area (Å²) in [7, 11) is 0. The summed E-state index contributed by atoms with van der Waals surface area (Å²) in [6, 6.07) is 7.56. The van der Waals surface area contributed by atoms with Crippen molar-refractivity contribution in [3.05, 3.63) is 34.9 Å². The summed E-state index contributed by atoms with van der Waals surface area (Å²) < 4.78 is 0. The number of halogens is 1. The average molecular weight is 240 g/mol. The van der Waals surface area contributed by atoms with Crippen molar-refractivity contribution in [2.24, 2.45) is 5.73 Å². The molecule has 0 saturated carbocycles. The molecule has 0 unspecified atom stereocenters. The van der Waals surface area contributed by atoms with Gasteiger partial charge in [0.15, 0.2) is 11.9 Å². The average Bonchev–Trinajstić information content (AvgIpc) is 2.19. The molecule has 0 amide bonds. The lowest BCUT2D eigenvalue weighted by Crippen LogP contribution is -2.43. The number of nitrogens with one attached hydrogen (secondary N) is 4. The fourth-order valence-corrected chi connectivity index (χ4v) is 1.43. The van der Waals surface area contributed by atoms with Crippen LogP contribution >= 0.6 is 11.6 Å². The van der Waals surface area contributed by atoms with Crippen molar-refractivity contribution in [1.29, 1.82) is 10.8 Å². The van der Waals surface area contributed by atoms with E-state index in [-0.39, 0.29) is 11.9 Å². The number of hydrogen-bond acceptors (Lipinski definition) is 2. The van der Waals surface area contributed by atoms with Crippen molar-refractivity contribution in [2.75, 3.05) is 6.54 Å². The van der Waals surface area contributed by atoms with Crippen LogP contribution in [0.3, 0.4) is 0 Å². The van der Waals surface area contributed by atoms with Crippen LogP contribution < -0.4 is 16.4 Å². The Morgan fingerprint density at radius 3 is 2.62 bits per heavy atom. The van der Waals surface area contributed by atoms with E-state index in [9.17, 15) is 0 Å². The minimum absolute atomic E-state index is 0.0135. The standard InChI is InChI=1S/C10H14ClN5/c11-8-4-2-1-3-7(8)5-6-15-10(14)16-9(12)13/h1-4H,5-6H2,(H6,12,13,14,15,16). The summed E-state index contributed by atoms with van der Waals surface area (Å²) in [5.41, 5.74) is 6.09. The molecule has 0 aromatic heterocycles. The van der Waals surface area contributed by atoms with Gasteiger partial charge in [-0.3, -0.25) is 16.1 Å². The molecule has 0 saturated heterocycles. The Bertz CT molecular complexity index is 391. The number of guanidine groups is 2. The predicted octanol–water partition coefficient (Wildman–Crippen LogP) is 0.890. The van der Waals surface area contributed by atoms with E-state index in [1.54, 1.807) is 0 Å². The number of benzene rings is 1. The smallest absolute Gasteiger partial charge is 0.195 e. The first-order valence-electron chi connectivity index (χ1n) is 4.76. The molecule has 6 N–H and O–H groups in total. The summed E-state index contributed by atoms with van der Waals surface area (Å²) in [6.45, 7) is 0.558. The Balaban J connectivity index is 2.33. The highest BCUT2D eigenvalue weighted by molar-refractivity contribution is 6.31. The highest BCUT2D eigenvalue weighted by Crippen LogP contribution is 2.14. The molecule has 0 aliphatic carbocycles. The first-order valence-corrected chi connectivity index (χ1v) is 5.14. The zero-order valence-corrected chi connectivity index (χ0v) is 9.43. The fourth-order valence-electron chi connectivity index (χ4n) is 1.20. The maximum Gasteiger partial charge on any atom is 0.195 e. The zero-order chi connectivity index (χ0) is 12.0. The molecular weight excluding hydrogens is 226 g/mol. The van der Waals surface area contributed by atoms with Crippen LogP contribution in [-0.4, -0.2) is 18.5 Å². The Labute approximate surface area is 99.0 Å². The van der Waals surface area contributed by atoms with Crippen LogP contribution in [0, 0.1) is 10.8 Å². The number of rotatable bonds is 3. The van der Waals surface area contributed by atoms with Gasteiger partial charge >= 0.3 is 0 Å². The second kappa shape index (κ2) is 5.97. The topological polar surface area (TPSA) is 97.8 Å². The van der Waals surface area contributed by atoms with Gasteiger partial charge in [0.1, 0.15) is 0 Å². The minimum atomic E-state index is -0.254. The third-order valence-corrected chi connectivity index (χ3v) is 2.28. The first kappa shape index (κ1) is 12.3. The molecule has 0 bridgehead atoms. The van der Waals surface area contributed by atoms with Gasteiger partial charge in [-0.05, 0) is 18.1 Å². The molecule has 0 heterocycles. The van der Waals surface area contributed by atoms with Crippen LogP contribution in [-0.2, 0) is 6.42 Å². The van der Waals surface area contributed by atoms with Crippen LogP contribution in [0.5, 0.6) is 0 Å². The minimum Gasteiger partial charge on any atom is -0.370 e. The third kappa shape index (κ3) is 4.18. The van der Waals surface area contributed by atoms with E-state index < -0.39 is 0 Å². The maximum absolute atomic E-state index is 7.36. The lowest BCUT2D eigenvalue weighted by Gasteiger charge is -2.09. The van der Waals surface area contributed by atoms with Crippen molar-refractivity contribution in [3.63, 3.8) is 0 Å². The fraction of sp³-hybridized carbons (Fsp3) is 0.200. The molecule has 1 aromatic rings. The number of nitrogens with two attached hydrogens (primary N) is 1. The molecule has 16 heavy (non-hydrogen) atoms. The van der Waals surface area contributed by atoms with Crippen LogP contribution in [0.2, 0.25) is 5.02 Å². The van der Waals surface area contributed by atoms with E-state index >= 15 is 0 Å². The Kier molecular flexibility index (Phi) is 4.60. The normalized spacial score (nSPS) is 9.56. The summed E-state index contributed by atoms with van der Waals surface area (Å²) in [5.74, 6) is -0.241. The van der Waals surface area contributed by atoms with Gasteiger partial charge in [-0.15, -0.1) is 0 Å². The van der Waals surface area contributed by atoms with Gasteiger partial charge in [0.25, 0.3) is 0 Å². The molecule has 0 spiro atoms. The highest BCUT2D eigenvalue weighted by atomic mass is 35.5. The summed E-state index contributed by atoms with van der Waals surface area (Å²) >= 11 is 5.97. The molecule has 1 aromatic carbocycles. The lowest BCUT2D eigenvalue weighted by molar-refractivity contribution is 0.841. The van der Waals surface area contributed by atoms with E-state index in [0.29, 0.717) is 13.0 Å². The molecule has 6 heteroatoms. The van der Waals surface area contributed by atoms with E-state index in [0.717, 1.165) is 10.6 Å². The molecule has 0 aliphatic rings. The van der Waals surface area contributed by atoms with Crippen LogP contribution in [0.4, 0.5) is 0 Å². The molecule has 5 nitrogen and oxygen atoms in total. The van der Waals surface area contributed by atoms with Crippen molar-refractivity contribution in [2.45, 2.75) is 6.42 Å². The largest absolute Gasteiger partial charge is 0.370 e. The van der Waals surface area contributed by atoms with Gasteiger partial charge in [0.05, 0.1) is 0 Å². The van der Waals surface area contributed by atoms with E-state index in [4.69, 9.17) is 28.2 Å². The van der Waals surface area contributed by atoms with E-state index in [2.05, 4.69) is 10.6 Å². The Morgan fingerprint density at radius 1 is 1.31 bits per heavy atom. The van der Waals surface area contributed by atoms with Crippen molar-refractivity contribution in [1.82, 2.24) is 10.6 Å². The van der Waals surface area contributed by atoms with Gasteiger partial charge in [-0.1, -0.05) is 29.8 Å². The van der Waals surface area contributed by atoms with Crippen molar-refractivity contribution < 1.29 is 0 Å². The molecule has 86 valence electrons. The molecular formula is C10H14ClN5. The SMILES string of the molecule is N=C(N)NC(=N)NCCc1ccccc1Cl. The molecule has 1 rings (SSSR count). The van der Waals surface area contributed by atoms with Gasteiger partial charge in [0.2, 0.25) is 0 Å². The monoisotopic (exact) mass is 239 g/mol. The lowest BCUT2D eigenvalue weighted by atomic mass is 10.1. The van der Waals surface area contributed by atoms with Gasteiger partial charge in [-0.2, -0.15) is 0 Å². The first-order chi connectivity index (χ1) is 7.59. The van der Waals surface area contributed by atoms with Crippen molar-refractivity contribution in [3.8, 4) is 0 Å². The van der Waals surface area contributed by atoms with Gasteiger partial charge in [0, 0.05) is 11.6 Å². The summed E-state index contributed by atoms with van der Waals surface area (Å²) in [4.78, 5) is 0. The molecule has 0 atom stereocenters. The van der Waals surface area contributed by atoms with E-state index in [1.807, 2.05) is 24.3 Å². The maximum atomic E-state index is 7.36. The highest BCUT2D eigenvalue weighted by Gasteiger charge is 2.00. The molecule has 0 aliphatic heterocycles. The molecule has 0 radical (unpaired) electrons. The van der Waals surface area contributed by atoms with Crippen molar-refractivity contribution >= 4 is 23.5 Å². The summed E-state index contributed by atoms with van der Waals surface area (Å²) in [5, 5.41) is 20.1. The van der Waals surface area contributed by atoms with E-state index in [1.165, 1.54) is 0 Å². The quantitative estimate of drug-likeness (QED) is 0.400. The predicted molar refractivity (Wildman–Crippen MR) is 65.9 cm³/mol. The van der Waals surface area contributed by atoms with Gasteiger partial charge < -0.3 is 11.1 Å². The zero-order valence-electron chi connectivity index (χ0n) is 8.68. The Morgan fingerprint density at radius 2 is 2.00 bits per heavy atom. The van der Waals surface area contributed by atoms with Crippen LogP contribution in [0.15, 0.2) is 24.3 Å². The Hall–Kier alpha value is -1.75. The summed E-state index contributed by atoms with van der Waals surface area (Å²) in [6.07, 6.45) is 0.710. The number of hydrogen-bond donors (Lipinski definition) is 5. The van der Waals surface area contributed by atoms with Crippen LogP contribution in [0.1, 0.15) is 5.56 Å². The van der Waals surface area contributed by atoms with Gasteiger partial charge in [-0.25, -0.2) is 0 Å². The second-order valence-electron chi connectivity index (χ2n) is 3.18.